The van der Waals surface area contributed by atoms with Crippen molar-refractivity contribution >= 4 is 20.8 Å². The molecule has 0 radical (unpaired) electrons. The molecular weight excluding hydrogens is 358 g/mol. The molecule has 1 atom stereocenters. The zero-order chi connectivity index (χ0) is 19.3. The Labute approximate surface area is 160 Å². The van der Waals surface area contributed by atoms with Crippen LogP contribution in [0.5, 0.6) is 0 Å². The van der Waals surface area contributed by atoms with Crippen molar-refractivity contribution in [1.82, 2.24) is 4.72 Å². The number of aryl methyl sites for hydroxylation is 1. The van der Waals surface area contributed by atoms with Crippen LogP contribution < -0.4 is 4.72 Å². The average molecular weight is 381 g/mol. The van der Waals surface area contributed by atoms with Gasteiger partial charge in [0.15, 0.2) is 0 Å². The summed E-state index contributed by atoms with van der Waals surface area (Å²) in [7, 11) is -3.60. The summed E-state index contributed by atoms with van der Waals surface area (Å²) < 4.78 is 33.7. The van der Waals surface area contributed by atoms with Gasteiger partial charge in [-0.1, -0.05) is 60.2 Å². The Morgan fingerprint density at radius 2 is 1.74 bits per heavy atom. The van der Waals surface area contributed by atoms with E-state index < -0.39 is 16.1 Å². The van der Waals surface area contributed by atoms with E-state index >= 15 is 0 Å². The van der Waals surface area contributed by atoms with Crippen LogP contribution in [0.4, 0.5) is 0 Å². The molecule has 0 aliphatic heterocycles. The van der Waals surface area contributed by atoms with Crippen molar-refractivity contribution in [2.45, 2.75) is 17.9 Å². The van der Waals surface area contributed by atoms with Gasteiger partial charge in [-0.3, -0.25) is 0 Å². The Kier molecular flexibility index (Phi) is 6.06. The highest BCUT2D eigenvalue weighted by molar-refractivity contribution is 7.89. The number of hydrogen-bond donors (Lipinski definition) is 1. The number of hydrogen-bond acceptors (Lipinski definition) is 3. The molecule has 0 aliphatic carbocycles. The molecule has 0 aliphatic rings. The lowest BCUT2D eigenvalue weighted by atomic mass is 10.0. The molecule has 0 spiro atoms. The highest BCUT2D eigenvalue weighted by Gasteiger charge is 2.18. The maximum atomic E-state index is 12.6. The van der Waals surface area contributed by atoms with Crippen molar-refractivity contribution in [2.75, 3.05) is 13.2 Å². The topological polar surface area (TPSA) is 55.4 Å². The SMILES string of the molecule is C=CCOC(CNS(=O)(=O)c1ccc(C)cc1)c1ccc2ccccc2c1. The van der Waals surface area contributed by atoms with Gasteiger partial charge in [0.25, 0.3) is 0 Å². The van der Waals surface area contributed by atoms with Gasteiger partial charge in [-0.15, -0.1) is 6.58 Å². The van der Waals surface area contributed by atoms with Gasteiger partial charge >= 0.3 is 0 Å². The van der Waals surface area contributed by atoms with Crippen LogP contribution in [-0.2, 0) is 14.8 Å². The number of benzene rings is 3. The van der Waals surface area contributed by atoms with Crippen molar-refractivity contribution in [1.29, 1.82) is 0 Å². The Hall–Kier alpha value is -2.47. The van der Waals surface area contributed by atoms with Gasteiger partial charge in [-0.05, 0) is 41.5 Å². The zero-order valence-corrected chi connectivity index (χ0v) is 16.1. The molecule has 3 rings (SSSR count). The molecule has 0 saturated carbocycles. The fourth-order valence-corrected chi connectivity index (χ4v) is 3.88. The first-order chi connectivity index (χ1) is 13.0. The minimum atomic E-state index is -3.60. The van der Waals surface area contributed by atoms with Gasteiger partial charge in [-0.2, -0.15) is 0 Å². The zero-order valence-electron chi connectivity index (χ0n) is 15.3. The number of rotatable bonds is 8. The summed E-state index contributed by atoms with van der Waals surface area (Å²) in [5.41, 5.74) is 1.93. The molecule has 3 aromatic carbocycles. The first-order valence-electron chi connectivity index (χ1n) is 8.77. The number of fused-ring (bicyclic) bond motifs is 1. The van der Waals surface area contributed by atoms with E-state index in [4.69, 9.17) is 4.74 Å². The van der Waals surface area contributed by atoms with Crippen molar-refractivity contribution in [3.63, 3.8) is 0 Å². The molecule has 3 aromatic rings. The van der Waals surface area contributed by atoms with E-state index in [9.17, 15) is 8.42 Å². The second-order valence-electron chi connectivity index (χ2n) is 6.38. The Morgan fingerprint density at radius 1 is 1.04 bits per heavy atom. The fourth-order valence-electron chi connectivity index (χ4n) is 2.85. The van der Waals surface area contributed by atoms with E-state index in [0.29, 0.717) is 6.61 Å². The quantitative estimate of drug-likeness (QED) is 0.590. The third kappa shape index (κ3) is 4.83. The van der Waals surface area contributed by atoms with Crippen molar-refractivity contribution in [3.05, 3.63) is 90.5 Å². The maximum Gasteiger partial charge on any atom is 0.240 e. The molecule has 0 aromatic heterocycles. The largest absolute Gasteiger partial charge is 0.368 e. The summed E-state index contributed by atoms with van der Waals surface area (Å²) in [6, 6.07) is 20.8. The molecule has 0 amide bonds. The van der Waals surface area contributed by atoms with Crippen LogP contribution in [0.15, 0.2) is 84.3 Å². The molecule has 0 bridgehead atoms. The molecule has 1 unspecified atom stereocenters. The van der Waals surface area contributed by atoms with Gasteiger partial charge in [0.1, 0.15) is 0 Å². The van der Waals surface area contributed by atoms with Gasteiger partial charge in [0.05, 0.1) is 17.6 Å². The van der Waals surface area contributed by atoms with E-state index in [0.717, 1.165) is 21.9 Å². The minimum absolute atomic E-state index is 0.141. The fraction of sp³-hybridized carbons (Fsp3) is 0.182. The summed E-state index contributed by atoms with van der Waals surface area (Å²) in [5.74, 6) is 0. The molecule has 140 valence electrons. The smallest absolute Gasteiger partial charge is 0.240 e. The normalized spacial score (nSPS) is 12.8. The van der Waals surface area contributed by atoms with Gasteiger partial charge in [0.2, 0.25) is 10.0 Å². The first-order valence-corrected chi connectivity index (χ1v) is 10.3. The van der Waals surface area contributed by atoms with Crippen molar-refractivity contribution in [2.24, 2.45) is 0 Å². The van der Waals surface area contributed by atoms with Crippen LogP contribution in [0.1, 0.15) is 17.2 Å². The second kappa shape index (κ2) is 8.48. The monoisotopic (exact) mass is 381 g/mol. The van der Waals surface area contributed by atoms with Crippen LogP contribution in [0.25, 0.3) is 10.8 Å². The van der Waals surface area contributed by atoms with E-state index in [1.165, 1.54) is 0 Å². The van der Waals surface area contributed by atoms with E-state index in [1.807, 2.05) is 49.4 Å². The van der Waals surface area contributed by atoms with Crippen LogP contribution in [0.3, 0.4) is 0 Å². The summed E-state index contributed by atoms with van der Waals surface area (Å²) in [4.78, 5) is 0.245. The molecular formula is C22H23NO3S. The van der Waals surface area contributed by atoms with E-state index in [2.05, 4.69) is 11.3 Å². The van der Waals surface area contributed by atoms with E-state index in [-0.39, 0.29) is 11.4 Å². The van der Waals surface area contributed by atoms with Crippen molar-refractivity contribution in [3.8, 4) is 0 Å². The highest BCUT2D eigenvalue weighted by Crippen LogP contribution is 2.23. The summed E-state index contributed by atoms with van der Waals surface area (Å²) in [6.07, 6.45) is 1.25. The third-order valence-electron chi connectivity index (χ3n) is 4.35. The molecule has 27 heavy (non-hydrogen) atoms. The lowest BCUT2D eigenvalue weighted by Gasteiger charge is -2.19. The predicted molar refractivity (Wildman–Crippen MR) is 109 cm³/mol. The summed E-state index contributed by atoms with van der Waals surface area (Å²) in [6.45, 7) is 6.07. The highest BCUT2D eigenvalue weighted by atomic mass is 32.2. The lowest BCUT2D eigenvalue weighted by Crippen LogP contribution is -2.29. The Balaban J connectivity index is 1.81. The number of ether oxygens (including phenoxy) is 1. The predicted octanol–water partition coefficient (Wildman–Crippen LogP) is 4.37. The van der Waals surface area contributed by atoms with Crippen LogP contribution in [0, 0.1) is 6.92 Å². The van der Waals surface area contributed by atoms with E-state index in [1.54, 1.807) is 30.3 Å². The molecule has 4 nitrogen and oxygen atoms in total. The van der Waals surface area contributed by atoms with Crippen LogP contribution in [-0.4, -0.2) is 21.6 Å². The lowest BCUT2D eigenvalue weighted by molar-refractivity contribution is 0.0781. The molecule has 0 fully saturated rings. The molecule has 5 heteroatoms. The van der Waals surface area contributed by atoms with Gasteiger partial charge in [0, 0.05) is 6.54 Å². The second-order valence-corrected chi connectivity index (χ2v) is 8.15. The third-order valence-corrected chi connectivity index (χ3v) is 5.79. The Bertz CT molecular complexity index is 1030. The summed E-state index contributed by atoms with van der Waals surface area (Å²) >= 11 is 0. The Morgan fingerprint density at radius 3 is 2.44 bits per heavy atom. The van der Waals surface area contributed by atoms with Gasteiger partial charge in [-0.25, -0.2) is 13.1 Å². The summed E-state index contributed by atoms with van der Waals surface area (Å²) in [5, 5.41) is 2.22. The molecule has 0 heterocycles. The van der Waals surface area contributed by atoms with Gasteiger partial charge < -0.3 is 4.74 Å². The average Bonchev–Trinajstić information content (AvgIpc) is 2.68. The number of sulfonamides is 1. The number of nitrogens with one attached hydrogen (secondary N) is 1. The molecule has 1 N–H and O–H groups in total. The van der Waals surface area contributed by atoms with Crippen LogP contribution in [0.2, 0.25) is 0 Å². The maximum absolute atomic E-state index is 12.6. The van der Waals surface area contributed by atoms with Crippen LogP contribution >= 0.6 is 0 Å². The standard InChI is InChI=1S/C22H23NO3S/c1-3-14-26-22(20-11-10-18-6-4-5-7-19(18)15-20)16-23-27(24,25)21-12-8-17(2)9-13-21/h3-13,15,22-23H,1,14,16H2,2H3. The van der Waals surface area contributed by atoms with Crippen molar-refractivity contribution < 1.29 is 13.2 Å². The first kappa shape index (κ1) is 19.3. The minimum Gasteiger partial charge on any atom is -0.368 e. The molecule has 0 saturated heterocycles.